The molecule has 1 heterocycles. The van der Waals surface area contributed by atoms with Crippen LogP contribution >= 0.6 is 24.0 Å². The Labute approximate surface area is 151 Å². The number of aromatic nitrogens is 2. The van der Waals surface area contributed by atoms with Gasteiger partial charge in [-0.1, -0.05) is 19.8 Å². The fraction of sp³-hybridized carbons (Fsp3) is 0.750. The highest BCUT2D eigenvalue weighted by Crippen LogP contribution is 2.36. The van der Waals surface area contributed by atoms with Crippen molar-refractivity contribution in [1.29, 1.82) is 0 Å². The third kappa shape index (κ3) is 4.60. The molecule has 2 rings (SSSR count). The molecule has 1 aliphatic carbocycles. The Bertz CT molecular complexity index is 515. The van der Waals surface area contributed by atoms with E-state index in [1.54, 1.807) is 0 Å². The summed E-state index contributed by atoms with van der Waals surface area (Å²) < 4.78 is 1.93. The summed E-state index contributed by atoms with van der Waals surface area (Å²) in [6, 6.07) is 0. The van der Waals surface area contributed by atoms with Crippen LogP contribution < -0.4 is 10.6 Å². The molecule has 0 bridgehead atoms. The van der Waals surface area contributed by atoms with Crippen molar-refractivity contribution < 1.29 is 0 Å². The van der Waals surface area contributed by atoms with E-state index in [1.165, 1.54) is 36.9 Å². The molecule has 22 heavy (non-hydrogen) atoms. The molecule has 0 aromatic carbocycles. The first kappa shape index (κ1) is 19.3. The molecular formula is C16H30IN5. The Kier molecular flexibility index (Phi) is 7.15. The van der Waals surface area contributed by atoms with Crippen LogP contribution in [-0.2, 0) is 13.6 Å². The number of hydrogen-bond donors (Lipinski definition) is 2. The first-order valence-electron chi connectivity index (χ1n) is 7.89. The highest BCUT2D eigenvalue weighted by atomic mass is 127. The average molecular weight is 419 g/mol. The van der Waals surface area contributed by atoms with Gasteiger partial charge in [0.2, 0.25) is 0 Å². The fourth-order valence-electron chi connectivity index (χ4n) is 3.17. The van der Waals surface area contributed by atoms with Gasteiger partial charge in [0.1, 0.15) is 0 Å². The zero-order valence-electron chi connectivity index (χ0n) is 14.5. The number of rotatable bonds is 4. The van der Waals surface area contributed by atoms with E-state index in [9.17, 15) is 0 Å². The molecule has 0 amide bonds. The summed E-state index contributed by atoms with van der Waals surface area (Å²) in [6.07, 6.45) is 5.35. The molecule has 0 unspecified atom stereocenters. The van der Waals surface area contributed by atoms with Crippen molar-refractivity contribution in [2.75, 3.05) is 13.6 Å². The molecule has 1 aliphatic rings. The molecule has 1 aromatic heterocycles. The molecule has 0 saturated heterocycles. The summed E-state index contributed by atoms with van der Waals surface area (Å²) >= 11 is 0. The standard InChI is InChI=1S/C16H29N5.HI/c1-12-14(13(2)21(5)20-12)10-18-15(17-4)19-11-16(3)8-6-7-9-16;/h6-11H2,1-5H3,(H2,17,18,19);1H. The van der Waals surface area contributed by atoms with Gasteiger partial charge in [0.15, 0.2) is 5.96 Å². The lowest BCUT2D eigenvalue weighted by molar-refractivity contribution is 0.334. The lowest BCUT2D eigenvalue weighted by atomic mass is 9.89. The number of aryl methyl sites for hydroxylation is 2. The van der Waals surface area contributed by atoms with Crippen molar-refractivity contribution in [3.05, 3.63) is 17.0 Å². The van der Waals surface area contributed by atoms with Crippen LogP contribution in [0.2, 0.25) is 0 Å². The van der Waals surface area contributed by atoms with E-state index in [0.717, 1.165) is 24.7 Å². The van der Waals surface area contributed by atoms with Crippen molar-refractivity contribution in [1.82, 2.24) is 20.4 Å². The highest BCUT2D eigenvalue weighted by Gasteiger charge is 2.28. The SMILES string of the molecule is CN=C(NCc1c(C)nn(C)c1C)NCC1(C)CCCC1.I. The first-order valence-corrected chi connectivity index (χ1v) is 7.89. The lowest BCUT2D eigenvalue weighted by Gasteiger charge is -2.25. The van der Waals surface area contributed by atoms with Gasteiger partial charge in [0.25, 0.3) is 0 Å². The summed E-state index contributed by atoms with van der Waals surface area (Å²) in [7, 11) is 3.81. The predicted octanol–water partition coefficient (Wildman–Crippen LogP) is 2.90. The third-order valence-electron chi connectivity index (χ3n) is 4.81. The maximum Gasteiger partial charge on any atom is 0.191 e. The number of aliphatic imine (C=N–C) groups is 1. The fourth-order valence-corrected chi connectivity index (χ4v) is 3.17. The smallest absolute Gasteiger partial charge is 0.191 e. The molecule has 1 saturated carbocycles. The van der Waals surface area contributed by atoms with E-state index >= 15 is 0 Å². The van der Waals surface area contributed by atoms with Crippen LogP contribution in [0.5, 0.6) is 0 Å². The summed E-state index contributed by atoms with van der Waals surface area (Å²) in [4.78, 5) is 4.33. The van der Waals surface area contributed by atoms with Gasteiger partial charge in [-0.3, -0.25) is 9.67 Å². The van der Waals surface area contributed by atoms with Crippen molar-refractivity contribution in [3.63, 3.8) is 0 Å². The van der Waals surface area contributed by atoms with Gasteiger partial charge in [-0.05, 0) is 32.1 Å². The van der Waals surface area contributed by atoms with Crippen molar-refractivity contribution in [2.45, 2.75) is 53.0 Å². The van der Waals surface area contributed by atoms with Crippen LogP contribution in [0.25, 0.3) is 0 Å². The molecular weight excluding hydrogens is 389 g/mol. The van der Waals surface area contributed by atoms with Crippen molar-refractivity contribution >= 4 is 29.9 Å². The maximum absolute atomic E-state index is 4.45. The molecule has 1 fully saturated rings. The maximum atomic E-state index is 4.45. The van der Waals surface area contributed by atoms with E-state index in [2.05, 4.69) is 41.5 Å². The Morgan fingerprint density at radius 2 is 1.91 bits per heavy atom. The largest absolute Gasteiger partial charge is 0.356 e. The molecule has 2 N–H and O–H groups in total. The molecule has 0 aliphatic heterocycles. The minimum absolute atomic E-state index is 0. The number of nitrogens with one attached hydrogen (secondary N) is 2. The second-order valence-electron chi connectivity index (χ2n) is 6.57. The Morgan fingerprint density at radius 1 is 1.27 bits per heavy atom. The van der Waals surface area contributed by atoms with Gasteiger partial charge in [-0.25, -0.2) is 0 Å². The summed E-state index contributed by atoms with van der Waals surface area (Å²) in [5.41, 5.74) is 3.98. The van der Waals surface area contributed by atoms with Gasteiger partial charge in [-0.2, -0.15) is 5.10 Å². The molecule has 0 atom stereocenters. The van der Waals surface area contributed by atoms with Crippen molar-refractivity contribution in [2.24, 2.45) is 17.5 Å². The van der Waals surface area contributed by atoms with Crippen LogP contribution in [0, 0.1) is 19.3 Å². The molecule has 6 heteroatoms. The quantitative estimate of drug-likeness (QED) is 0.448. The number of guanidine groups is 1. The summed E-state index contributed by atoms with van der Waals surface area (Å²) in [6.45, 7) is 8.29. The van der Waals surface area contributed by atoms with Gasteiger partial charge >= 0.3 is 0 Å². The van der Waals surface area contributed by atoms with Gasteiger partial charge < -0.3 is 10.6 Å². The molecule has 126 valence electrons. The summed E-state index contributed by atoms with van der Waals surface area (Å²) in [5, 5.41) is 11.3. The lowest BCUT2D eigenvalue weighted by Crippen LogP contribution is -2.41. The Morgan fingerprint density at radius 3 is 2.41 bits per heavy atom. The van der Waals surface area contributed by atoms with Gasteiger partial charge in [0.05, 0.1) is 5.69 Å². The van der Waals surface area contributed by atoms with E-state index in [4.69, 9.17) is 0 Å². The summed E-state index contributed by atoms with van der Waals surface area (Å²) in [5.74, 6) is 0.880. The third-order valence-corrected chi connectivity index (χ3v) is 4.81. The molecule has 0 radical (unpaired) electrons. The number of halogens is 1. The second-order valence-corrected chi connectivity index (χ2v) is 6.57. The van der Waals surface area contributed by atoms with Crippen LogP contribution in [0.15, 0.2) is 4.99 Å². The first-order chi connectivity index (χ1) is 9.95. The zero-order valence-corrected chi connectivity index (χ0v) is 16.8. The normalized spacial score (nSPS) is 17.2. The van der Waals surface area contributed by atoms with E-state index in [-0.39, 0.29) is 24.0 Å². The monoisotopic (exact) mass is 419 g/mol. The topological polar surface area (TPSA) is 54.2 Å². The molecule has 5 nitrogen and oxygen atoms in total. The van der Waals surface area contributed by atoms with Crippen molar-refractivity contribution in [3.8, 4) is 0 Å². The Balaban J connectivity index is 0.00000242. The highest BCUT2D eigenvalue weighted by molar-refractivity contribution is 14.0. The van der Waals surface area contributed by atoms with Gasteiger partial charge in [0, 0.05) is 38.4 Å². The Hall–Kier alpha value is -0.790. The molecule has 1 aromatic rings. The second kappa shape index (κ2) is 8.17. The van der Waals surface area contributed by atoms with Crippen LogP contribution in [-0.4, -0.2) is 29.3 Å². The van der Waals surface area contributed by atoms with Gasteiger partial charge in [-0.15, -0.1) is 24.0 Å². The van der Waals surface area contributed by atoms with E-state index in [0.29, 0.717) is 5.41 Å². The zero-order chi connectivity index (χ0) is 15.5. The number of nitrogens with zero attached hydrogens (tertiary/aromatic N) is 3. The van der Waals surface area contributed by atoms with Crippen LogP contribution in [0.1, 0.15) is 49.6 Å². The number of hydrogen-bond acceptors (Lipinski definition) is 2. The van der Waals surface area contributed by atoms with Crippen LogP contribution in [0.4, 0.5) is 0 Å². The van der Waals surface area contributed by atoms with E-state index in [1.807, 2.05) is 18.8 Å². The predicted molar refractivity (Wildman–Crippen MR) is 103 cm³/mol. The minimum atomic E-state index is 0. The average Bonchev–Trinajstić information content (AvgIpc) is 2.98. The minimum Gasteiger partial charge on any atom is -0.356 e. The van der Waals surface area contributed by atoms with E-state index < -0.39 is 0 Å². The molecule has 0 spiro atoms. The van der Waals surface area contributed by atoms with Crippen LogP contribution in [0.3, 0.4) is 0 Å².